The van der Waals surface area contributed by atoms with Crippen molar-refractivity contribution in [3.63, 3.8) is 0 Å². The number of aryl methyl sites for hydroxylation is 1. The Hall–Kier alpha value is -3.29. The van der Waals surface area contributed by atoms with Crippen molar-refractivity contribution < 1.29 is 28.6 Å². The highest BCUT2D eigenvalue weighted by Crippen LogP contribution is 2.33. The summed E-state index contributed by atoms with van der Waals surface area (Å²) in [6.45, 7) is 1.96. The summed E-state index contributed by atoms with van der Waals surface area (Å²) in [5, 5.41) is 9.11. The average Bonchev–Trinajstić information content (AvgIpc) is 3.23. The van der Waals surface area contributed by atoms with E-state index < -0.39 is 11.9 Å². The molecule has 0 bridgehead atoms. The first-order valence-electron chi connectivity index (χ1n) is 8.82. The minimum Gasteiger partial charge on any atom is -0.495 e. The number of ether oxygens (including phenoxy) is 1. The van der Waals surface area contributed by atoms with Crippen LogP contribution in [0.2, 0.25) is 0 Å². The van der Waals surface area contributed by atoms with Crippen LogP contribution in [0.4, 0.5) is 5.69 Å². The van der Waals surface area contributed by atoms with E-state index in [0.717, 1.165) is 0 Å². The van der Waals surface area contributed by atoms with Crippen molar-refractivity contribution in [2.75, 3.05) is 25.6 Å². The molecule has 1 N–H and O–H groups in total. The Morgan fingerprint density at radius 1 is 1.36 bits per heavy atom. The number of furan rings is 1. The SMILES string of the molecule is COc1ccccc1N1CC(C(=O)N(C)Cc2cc(C(=O)O)c(C)o2)CC1=O. The van der Waals surface area contributed by atoms with E-state index in [1.54, 1.807) is 31.0 Å². The lowest BCUT2D eigenvalue weighted by atomic mass is 10.1. The third-order valence-electron chi connectivity index (χ3n) is 4.82. The summed E-state index contributed by atoms with van der Waals surface area (Å²) in [6.07, 6.45) is 0.110. The molecule has 8 heteroatoms. The van der Waals surface area contributed by atoms with Crippen molar-refractivity contribution >= 4 is 23.5 Å². The van der Waals surface area contributed by atoms with Crippen LogP contribution in [0.3, 0.4) is 0 Å². The monoisotopic (exact) mass is 386 g/mol. The fraction of sp³-hybridized carbons (Fsp3) is 0.350. The number of rotatable bonds is 6. The van der Waals surface area contributed by atoms with E-state index in [9.17, 15) is 14.4 Å². The molecule has 1 saturated heterocycles. The highest BCUT2D eigenvalue weighted by Gasteiger charge is 2.37. The highest BCUT2D eigenvalue weighted by molar-refractivity contribution is 6.01. The zero-order chi connectivity index (χ0) is 20.4. The van der Waals surface area contributed by atoms with E-state index >= 15 is 0 Å². The fourth-order valence-corrected chi connectivity index (χ4v) is 3.42. The van der Waals surface area contributed by atoms with E-state index in [-0.39, 0.29) is 36.9 Å². The normalized spacial score (nSPS) is 16.3. The number of carboxylic acids is 1. The molecule has 0 radical (unpaired) electrons. The fourth-order valence-electron chi connectivity index (χ4n) is 3.42. The minimum atomic E-state index is -1.07. The molecule has 1 fully saturated rings. The molecular formula is C20H22N2O6. The number of carboxylic acid groups (broad SMARTS) is 1. The van der Waals surface area contributed by atoms with Gasteiger partial charge < -0.3 is 24.1 Å². The van der Waals surface area contributed by atoms with Crippen molar-refractivity contribution in [2.24, 2.45) is 5.92 Å². The Bertz CT molecular complexity index is 919. The summed E-state index contributed by atoms with van der Waals surface area (Å²) in [6, 6.07) is 8.60. The second-order valence-electron chi connectivity index (χ2n) is 6.76. The molecule has 1 aliphatic rings. The molecule has 1 aromatic heterocycles. The number of aromatic carboxylic acids is 1. The first kappa shape index (κ1) is 19.5. The van der Waals surface area contributed by atoms with E-state index in [2.05, 4.69) is 0 Å². The number of benzene rings is 1. The van der Waals surface area contributed by atoms with Crippen LogP contribution in [0.15, 0.2) is 34.7 Å². The van der Waals surface area contributed by atoms with Crippen LogP contribution in [0.1, 0.15) is 28.3 Å². The molecule has 2 aromatic rings. The molecule has 2 amide bonds. The van der Waals surface area contributed by atoms with Crippen LogP contribution in [0.25, 0.3) is 0 Å². The van der Waals surface area contributed by atoms with Crippen molar-refractivity contribution in [1.82, 2.24) is 4.90 Å². The lowest BCUT2D eigenvalue weighted by Crippen LogP contribution is -2.34. The summed E-state index contributed by atoms with van der Waals surface area (Å²) >= 11 is 0. The Labute approximate surface area is 162 Å². The van der Waals surface area contributed by atoms with E-state index in [0.29, 0.717) is 23.0 Å². The van der Waals surface area contributed by atoms with Crippen molar-refractivity contribution in [1.29, 1.82) is 0 Å². The zero-order valence-corrected chi connectivity index (χ0v) is 16.0. The van der Waals surface area contributed by atoms with Gasteiger partial charge in [-0.2, -0.15) is 0 Å². The molecule has 28 heavy (non-hydrogen) atoms. The number of carbonyl (C=O) groups is 3. The number of methoxy groups -OCH3 is 1. The largest absolute Gasteiger partial charge is 0.495 e. The number of carbonyl (C=O) groups excluding carboxylic acids is 2. The quantitative estimate of drug-likeness (QED) is 0.818. The number of hydrogen-bond acceptors (Lipinski definition) is 5. The molecule has 1 aromatic carbocycles. The Balaban J connectivity index is 1.70. The van der Waals surface area contributed by atoms with E-state index in [1.807, 2.05) is 12.1 Å². The van der Waals surface area contributed by atoms with Gasteiger partial charge in [0.25, 0.3) is 0 Å². The van der Waals surface area contributed by atoms with Gasteiger partial charge in [0.05, 0.1) is 25.3 Å². The van der Waals surface area contributed by atoms with Crippen molar-refractivity contribution in [3.8, 4) is 5.75 Å². The van der Waals surface area contributed by atoms with Crippen LogP contribution in [-0.4, -0.2) is 48.5 Å². The molecule has 8 nitrogen and oxygen atoms in total. The number of hydrogen-bond donors (Lipinski definition) is 1. The van der Waals surface area contributed by atoms with Crippen LogP contribution in [-0.2, 0) is 16.1 Å². The lowest BCUT2D eigenvalue weighted by Gasteiger charge is -2.21. The molecule has 1 atom stereocenters. The predicted octanol–water partition coefficient (Wildman–Crippen LogP) is 2.31. The van der Waals surface area contributed by atoms with Crippen LogP contribution >= 0.6 is 0 Å². The molecule has 0 saturated carbocycles. The first-order chi connectivity index (χ1) is 13.3. The average molecular weight is 386 g/mol. The highest BCUT2D eigenvalue weighted by atomic mass is 16.5. The summed E-state index contributed by atoms with van der Waals surface area (Å²) in [7, 11) is 3.14. The second kappa shape index (κ2) is 7.75. The number of para-hydroxylation sites is 2. The first-order valence-corrected chi connectivity index (χ1v) is 8.82. The van der Waals surface area contributed by atoms with Crippen molar-refractivity contribution in [2.45, 2.75) is 19.9 Å². The molecular weight excluding hydrogens is 364 g/mol. The second-order valence-corrected chi connectivity index (χ2v) is 6.76. The Morgan fingerprint density at radius 2 is 2.07 bits per heavy atom. The van der Waals surface area contributed by atoms with Gasteiger partial charge in [0, 0.05) is 20.0 Å². The summed E-state index contributed by atoms with van der Waals surface area (Å²) < 4.78 is 10.7. The van der Waals surface area contributed by atoms with Gasteiger partial charge in [0.1, 0.15) is 22.8 Å². The molecule has 1 aliphatic heterocycles. The van der Waals surface area contributed by atoms with Crippen LogP contribution < -0.4 is 9.64 Å². The maximum atomic E-state index is 12.8. The third-order valence-corrected chi connectivity index (χ3v) is 4.82. The van der Waals surface area contributed by atoms with Gasteiger partial charge in [-0.1, -0.05) is 12.1 Å². The van der Waals surface area contributed by atoms with E-state index in [1.165, 1.54) is 18.1 Å². The smallest absolute Gasteiger partial charge is 0.339 e. The molecule has 3 rings (SSSR count). The lowest BCUT2D eigenvalue weighted by molar-refractivity contribution is -0.135. The number of nitrogens with zero attached hydrogens (tertiary/aromatic N) is 2. The third kappa shape index (κ3) is 3.71. The minimum absolute atomic E-state index is 0.0780. The van der Waals surface area contributed by atoms with Gasteiger partial charge in [0.2, 0.25) is 11.8 Å². The van der Waals surface area contributed by atoms with Gasteiger partial charge in [-0.15, -0.1) is 0 Å². The molecule has 1 unspecified atom stereocenters. The maximum Gasteiger partial charge on any atom is 0.339 e. The van der Waals surface area contributed by atoms with E-state index in [4.69, 9.17) is 14.3 Å². The molecule has 0 spiro atoms. The number of amides is 2. The molecule has 148 valence electrons. The molecule has 2 heterocycles. The van der Waals surface area contributed by atoms with Crippen LogP contribution in [0.5, 0.6) is 5.75 Å². The van der Waals surface area contributed by atoms with Gasteiger partial charge in [-0.05, 0) is 25.1 Å². The molecule has 0 aliphatic carbocycles. The van der Waals surface area contributed by atoms with Gasteiger partial charge >= 0.3 is 5.97 Å². The Kier molecular flexibility index (Phi) is 5.39. The summed E-state index contributed by atoms with van der Waals surface area (Å²) in [5.74, 6) is -0.648. The van der Waals surface area contributed by atoms with Gasteiger partial charge in [0.15, 0.2) is 0 Å². The standard InChI is InChI=1S/C20H22N2O6/c1-12-15(20(25)26)9-14(28-12)11-21(2)19(24)13-8-18(23)22(10-13)16-6-4-5-7-17(16)27-3/h4-7,9,13H,8,10-11H2,1-3H3,(H,25,26). The Morgan fingerprint density at radius 3 is 2.71 bits per heavy atom. The van der Waals surface area contributed by atoms with Crippen molar-refractivity contribution in [3.05, 3.63) is 47.4 Å². The van der Waals surface area contributed by atoms with Gasteiger partial charge in [-0.25, -0.2) is 4.79 Å². The maximum absolute atomic E-state index is 12.8. The number of anilines is 1. The zero-order valence-electron chi connectivity index (χ0n) is 16.0. The summed E-state index contributed by atoms with van der Waals surface area (Å²) in [5.41, 5.74) is 0.718. The van der Waals surface area contributed by atoms with Crippen LogP contribution in [0, 0.1) is 12.8 Å². The summed E-state index contributed by atoms with van der Waals surface area (Å²) in [4.78, 5) is 39.4. The topological polar surface area (TPSA) is 100 Å². The predicted molar refractivity (Wildman–Crippen MR) is 100 cm³/mol. The van der Waals surface area contributed by atoms with Gasteiger partial charge in [-0.3, -0.25) is 9.59 Å².